The van der Waals surface area contributed by atoms with E-state index in [-0.39, 0.29) is 19.0 Å². The van der Waals surface area contributed by atoms with Gasteiger partial charge in [0, 0.05) is 26.2 Å². The molecular formula is C18H22N2O4S. The summed E-state index contributed by atoms with van der Waals surface area (Å²) in [5.74, 6) is 0.463. The van der Waals surface area contributed by atoms with Gasteiger partial charge in [-0.3, -0.25) is 4.79 Å². The lowest BCUT2D eigenvalue weighted by Gasteiger charge is -2.34. The highest BCUT2D eigenvalue weighted by molar-refractivity contribution is 7.89. The highest BCUT2D eigenvalue weighted by atomic mass is 32.2. The van der Waals surface area contributed by atoms with E-state index in [0.717, 1.165) is 11.1 Å². The molecule has 134 valence electrons. The molecule has 0 unspecified atom stereocenters. The number of piperazine rings is 1. The van der Waals surface area contributed by atoms with Crippen LogP contribution in [-0.4, -0.2) is 49.7 Å². The van der Waals surface area contributed by atoms with Crippen molar-refractivity contribution >= 4 is 15.9 Å². The largest absolute Gasteiger partial charge is 0.469 e. The summed E-state index contributed by atoms with van der Waals surface area (Å²) >= 11 is 0. The second-order valence-corrected chi connectivity index (χ2v) is 8.27. The third-order valence-corrected chi connectivity index (χ3v) is 6.63. The van der Waals surface area contributed by atoms with Gasteiger partial charge in [0.15, 0.2) is 0 Å². The summed E-state index contributed by atoms with van der Waals surface area (Å²) in [6, 6.07) is 6.82. The molecule has 0 radical (unpaired) electrons. The molecule has 2 heterocycles. The number of furan rings is 1. The Morgan fingerprint density at radius 1 is 1.00 bits per heavy atom. The van der Waals surface area contributed by atoms with Crippen molar-refractivity contribution in [1.29, 1.82) is 0 Å². The van der Waals surface area contributed by atoms with E-state index in [2.05, 4.69) is 0 Å². The van der Waals surface area contributed by atoms with Gasteiger partial charge in [-0.05, 0) is 50.1 Å². The number of rotatable bonds is 3. The smallest absolute Gasteiger partial charge is 0.257 e. The van der Waals surface area contributed by atoms with Gasteiger partial charge in [-0.15, -0.1) is 0 Å². The molecular weight excluding hydrogens is 340 g/mol. The predicted octanol–water partition coefficient (Wildman–Crippen LogP) is 2.35. The molecule has 1 aliphatic heterocycles. The van der Waals surface area contributed by atoms with Gasteiger partial charge in [-0.2, -0.15) is 4.31 Å². The Morgan fingerprint density at radius 2 is 1.68 bits per heavy atom. The Morgan fingerprint density at radius 3 is 2.24 bits per heavy atom. The zero-order valence-corrected chi connectivity index (χ0v) is 15.5. The normalized spacial score (nSPS) is 16.2. The molecule has 1 amide bonds. The lowest BCUT2D eigenvalue weighted by atomic mass is 10.1. The molecule has 7 heteroatoms. The van der Waals surface area contributed by atoms with E-state index in [4.69, 9.17) is 4.42 Å². The molecule has 0 aliphatic carbocycles. The minimum Gasteiger partial charge on any atom is -0.469 e. The van der Waals surface area contributed by atoms with E-state index in [0.29, 0.717) is 29.3 Å². The van der Waals surface area contributed by atoms with Gasteiger partial charge >= 0.3 is 0 Å². The third-order valence-electron chi connectivity index (χ3n) is 4.73. The van der Waals surface area contributed by atoms with Crippen LogP contribution in [0.1, 0.15) is 27.2 Å². The van der Waals surface area contributed by atoms with Gasteiger partial charge < -0.3 is 9.32 Å². The molecule has 25 heavy (non-hydrogen) atoms. The van der Waals surface area contributed by atoms with Crippen LogP contribution in [0.2, 0.25) is 0 Å². The zero-order valence-electron chi connectivity index (χ0n) is 14.7. The summed E-state index contributed by atoms with van der Waals surface area (Å²) in [5, 5.41) is 0. The predicted molar refractivity (Wildman–Crippen MR) is 94.0 cm³/mol. The number of hydrogen-bond acceptors (Lipinski definition) is 4. The van der Waals surface area contributed by atoms with E-state index in [9.17, 15) is 13.2 Å². The minimum absolute atomic E-state index is 0.116. The highest BCUT2D eigenvalue weighted by Gasteiger charge is 2.31. The molecule has 6 nitrogen and oxygen atoms in total. The van der Waals surface area contributed by atoms with Gasteiger partial charge in [0.05, 0.1) is 16.7 Å². The van der Waals surface area contributed by atoms with Crippen molar-refractivity contribution in [3.8, 4) is 0 Å². The maximum atomic E-state index is 12.8. The third kappa shape index (κ3) is 3.34. The van der Waals surface area contributed by atoms with Crippen LogP contribution in [0.15, 0.2) is 39.8 Å². The first-order valence-electron chi connectivity index (χ1n) is 8.21. The first-order valence-corrected chi connectivity index (χ1v) is 9.65. The average Bonchev–Trinajstić information content (AvgIpc) is 3.02. The molecule has 0 spiro atoms. The van der Waals surface area contributed by atoms with Crippen molar-refractivity contribution in [1.82, 2.24) is 9.21 Å². The van der Waals surface area contributed by atoms with Crippen molar-refractivity contribution in [2.75, 3.05) is 26.2 Å². The van der Waals surface area contributed by atoms with Crippen LogP contribution in [0, 0.1) is 20.8 Å². The number of carbonyl (C=O) groups is 1. The lowest BCUT2D eigenvalue weighted by Crippen LogP contribution is -2.50. The van der Waals surface area contributed by atoms with E-state index >= 15 is 0 Å². The van der Waals surface area contributed by atoms with Gasteiger partial charge in [0.1, 0.15) is 5.76 Å². The van der Waals surface area contributed by atoms with Crippen LogP contribution in [0.5, 0.6) is 0 Å². The van der Waals surface area contributed by atoms with Crippen molar-refractivity contribution in [3.63, 3.8) is 0 Å². The second-order valence-electron chi connectivity index (χ2n) is 6.33. The lowest BCUT2D eigenvalue weighted by molar-refractivity contribution is 0.0696. The number of sulfonamides is 1. The molecule has 1 aromatic heterocycles. The van der Waals surface area contributed by atoms with E-state index in [1.165, 1.54) is 10.6 Å². The van der Waals surface area contributed by atoms with Gasteiger partial charge in [-0.25, -0.2) is 8.42 Å². The molecule has 3 rings (SSSR count). The molecule has 0 bridgehead atoms. The Kier molecular flexibility index (Phi) is 4.71. The van der Waals surface area contributed by atoms with Crippen LogP contribution in [0.3, 0.4) is 0 Å². The van der Waals surface area contributed by atoms with Gasteiger partial charge in [-0.1, -0.05) is 6.07 Å². The Hall–Kier alpha value is -2.12. The molecule has 0 atom stereocenters. The fourth-order valence-electron chi connectivity index (χ4n) is 2.93. The Balaban J connectivity index is 1.72. The van der Waals surface area contributed by atoms with Crippen LogP contribution >= 0.6 is 0 Å². The van der Waals surface area contributed by atoms with E-state index in [1.54, 1.807) is 30.0 Å². The number of carbonyl (C=O) groups excluding carboxylic acids is 1. The number of hydrogen-bond donors (Lipinski definition) is 0. The molecule has 0 N–H and O–H groups in total. The van der Waals surface area contributed by atoms with Crippen LogP contribution < -0.4 is 0 Å². The van der Waals surface area contributed by atoms with Crippen molar-refractivity contribution in [2.45, 2.75) is 25.7 Å². The summed E-state index contributed by atoms with van der Waals surface area (Å²) in [5.41, 5.74) is 2.54. The number of amides is 1. The summed E-state index contributed by atoms with van der Waals surface area (Å²) < 4.78 is 32.3. The monoisotopic (exact) mass is 362 g/mol. The van der Waals surface area contributed by atoms with Crippen molar-refractivity contribution in [2.24, 2.45) is 0 Å². The summed E-state index contributed by atoms with van der Waals surface area (Å²) in [7, 11) is -3.54. The summed E-state index contributed by atoms with van der Waals surface area (Å²) in [6.45, 7) is 6.91. The fraction of sp³-hybridized carbons (Fsp3) is 0.389. The fourth-order valence-corrected chi connectivity index (χ4v) is 4.44. The maximum absolute atomic E-state index is 12.8. The average molecular weight is 362 g/mol. The van der Waals surface area contributed by atoms with Crippen LogP contribution in [-0.2, 0) is 10.0 Å². The molecule has 1 aromatic carbocycles. The van der Waals surface area contributed by atoms with Crippen LogP contribution in [0.4, 0.5) is 0 Å². The standard InChI is InChI=1S/C18H22N2O4S/c1-13-4-5-16(12-14(13)2)25(22,23)20-9-7-19(8-10-20)18(21)17-6-11-24-15(17)3/h4-6,11-12H,7-10H2,1-3H3. The van der Waals surface area contributed by atoms with Crippen molar-refractivity contribution in [3.05, 3.63) is 53.0 Å². The Bertz CT molecular complexity index is 894. The first-order chi connectivity index (χ1) is 11.8. The molecule has 1 fully saturated rings. The highest BCUT2D eigenvalue weighted by Crippen LogP contribution is 2.21. The first kappa shape index (κ1) is 17.7. The van der Waals surface area contributed by atoms with Crippen LogP contribution in [0.25, 0.3) is 0 Å². The van der Waals surface area contributed by atoms with Gasteiger partial charge in [0.25, 0.3) is 5.91 Å². The zero-order chi connectivity index (χ0) is 18.2. The quantitative estimate of drug-likeness (QED) is 0.840. The number of aryl methyl sites for hydroxylation is 3. The minimum atomic E-state index is -3.54. The SMILES string of the molecule is Cc1ccc(S(=O)(=O)N2CCN(C(=O)c3ccoc3C)CC2)cc1C. The molecule has 0 saturated carbocycles. The molecule has 1 aliphatic rings. The van der Waals surface area contributed by atoms with E-state index < -0.39 is 10.0 Å². The number of nitrogens with zero attached hydrogens (tertiary/aromatic N) is 2. The summed E-state index contributed by atoms with van der Waals surface area (Å²) in [4.78, 5) is 14.5. The topological polar surface area (TPSA) is 70.8 Å². The van der Waals surface area contributed by atoms with Gasteiger partial charge in [0.2, 0.25) is 10.0 Å². The summed E-state index contributed by atoms with van der Waals surface area (Å²) in [6.07, 6.45) is 1.49. The van der Waals surface area contributed by atoms with Crippen molar-refractivity contribution < 1.29 is 17.6 Å². The number of benzene rings is 1. The second kappa shape index (κ2) is 6.65. The maximum Gasteiger partial charge on any atom is 0.257 e. The molecule has 1 saturated heterocycles. The van der Waals surface area contributed by atoms with E-state index in [1.807, 2.05) is 19.9 Å². The molecule has 2 aromatic rings. The Labute approximate surface area is 148 Å².